The molecule has 2 aromatic heterocycles. The summed E-state index contributed by atoms with van der Waals surface area (Å²) in [4.78, 5) is 28.1. The smallest absolute Gasteiger partial charge is 0.342 e. The highest BCUT2D eigenvalue weighted by molar-refractivity contribution is 5.28. The summed E-state index contributed by atoms with van der Waals surface area (Å²) in [6.45, 7) is 0.451. The van der Waals surface area contributed by atoms with Crippen molar-refractivity contribution >= 4 is 5.82 Å². The molecule has 0 bridgehead atoms. The fourth-order valence-electron chi connectivity index (χ4n) is 1.26. The maximum Gasteiger partial charge on any atom is 0.342 e. The van der Waals surface area contributed by atoms with Gasteiger partial charge in [-0.2, -0.15) is 5.10 Å². The molecular weight excluding hydrogens is 226 g/mol. The van der Waals surface area contributed by atoms with E-state index in [1.807, 2.05) is 0 Å². The molecule has 0 aliphatic heterocycles. The van der Waals surface area contributed by atoms with Gasteiger partial charge in [0.05, 0.1) is 0 Å². The molecule has 0 saturated carbocycles. The Labute approximate surface area is 94.9 Å². The topological polar surface area (TPSA) is 121 Å². The van der Waals surface area contributed by atoms with Gasteiger partial charge in [0.2, 0.25) is 5.82 Å². The number of hydrogen-bond acceptors (Lipinski definition) is 6. The summed E-state index contributed by atoms with van der Waals surface area (Å²) in [6, 6.07) is 0. The van der Waals surface area contributed by atoms with Crippen molar-refractivity contribution in [2.75, 3.05) is 11.9 Å². The van der Waals surface area contributed by atoms with E-state index in [2.05, 4.69) is 30.6 Å². The summed E-state index contributed by atoms with van der Waals surface area (Å²) in [6.07, 6.45) is 2.15. The zero-order chi connectivity index (χ0) is 12.3. The molecule has 9 nitrogen and oxygen atoms in total. The van der Waals surface area contributed by atoms with Crippen LogP contribution >= 0.6 is 0 Å². The van der Waals surface area contributed by atoms with Crippen LogP contribution in [0, 0.1) is 0 Å². The fraction of sp³-hybridized carbons (Fsp3) is 0.375. The van der Waals surface area contributed by atoms with E-state index in [1.165, 1.54) is 0 Å². The summed E-state index contributed by atoms with van der Waals surface area (Å²) in [5.74, 6) is 0.737. The minimum absolute atomic E-state index is 0.0699. The van der Waals surface area contributed by atoms with Crippen molar-refractivity contribution in [3.05, 3.63) is 33.0 Å². The molecule has 0 spiro atoms. The molecule has 9 heteroatoms. The standard InChI is InChI=1S/C8H11N7O2/c1-15-4-10-5(14-15)2-3-9-6-7(16)11-8(17)13-12-6/h4H,2-3H2,1H3,(H,9,12)(H2,11,13,16,17). The molecule has 0 aromatic carbocycles. The second kappa shape index (κ2) is 4.60. The summed E-state index contributed by atoms with van der Waals surface area (Å²) in [5.41, 5.74) is -1.19. The minimum atomic E-state index is -0.632. The molecule has 17 heavy (non-hydrogen) atoms. The van der Waals surface area contributed by atoms with E-state index >= 15 is 0 Å². The molecule has 0 atom stereocenters. The first-order valence-electron chi connectivity index (χ1n) is 4.92. The van der Waals surface area contributed by atoms with Crippen molar-refractivity contribution < 1.29 is 0 Å². The van der Waals surface area contributed by atoms with Gasteiger partial charge in [-0.15, -0.1) is 5.10 Å². The van der Waals surface area contributed by atoms with Gasteiger partial charge in [0.25, 0.3) is 5.56 Å². The first-order valence-corrected chi connectivity index (χ1v) is 4.92. The van der Waals surface area contributed by atoms with Crippen molar-refractivity contribution in [2.24, 2.45) is 7.05 Å². The predicted octanol–water partition coefficient (Wildman–Crippen LogP) is -1.76. The van der Waals surface area contributed by atoms with Crippen LogP contribution in [0.25, 0.3) is 0 Å². The van der Waals surface area contributed by atoms with Crippen LogP contribution in [0.3, 0.4) is 0 Å². The highest BCUT2D eigenvalue weighted by Gasteiger charge is 2.02. The van der Waals surface area contributed by atoms with Crippen molar-refractivity contribution in [1.82, 2.24) is 29.9 Å². The molecule has 2 rings (SSSR count). The summed E-state index contributed by atoms with van der Waals surface area (Å²) >= 11 is 0. The molecule has 2 aromatic rings. The fourth-order valence-corrected chi connectivity index (χ4v) is 1.26. The Morgan fingerprint density at radius 1 is 1.47 bits per heavy atom. The molecule has 0 amide bonds. The van der Waals surface area contributed by atoms with Crippen LogP contribution in [-0.2, 0) is 13.5 Å². The van der Waals surface area contributed by atoms with Crippen LogP contribution in [-0.4, -0.2) is 36.5 Å². The lowest BCUT2D eigenvalue weighted by molar-refractivity contribution is 0.741. The highest BCUT2D eigenvalue weighted by atomic mass is 16.2. The molecule has 2 heterocycles. The monoisotopic (exact) mass is 237 g/mol. The highest BCUT2D eigenvalue weighted by Crippen LogP contribution is 1.92. The number of aromatic amines is 2. The Bertz CT molecular complexity index is 611. The van der Waals surface area contributed by atoms with Gasteiger partial charge >= 0.3 is 5.69 Å². The SMILES string of the molecule is Cn1cnc(CCNc2n[nH]c(=O)[nH]c2=O)n1. The van der Waals surface area contributed by atoms with E-state index in [9.17, 15) is 9.59 Å². The van der Waals surface area contributed by atoms with E-state index in [4.69, 9.17) is 0 Å². The largest absolute Gasteiger partial charge is 0.364 e. The maximum atomic E-state index is 11.3. The normalized spacial score (nSPS) is 10.4. The molecule has 0 fully saturated rings. The van der Waals surface area contributed by atoms with Crippen molar-refractivity contribution in [2.45, 2.75) is 6.42 Å². The zero-order valence-corrected chi connectivity index (χ0v) is 9.10. The lowest BCUT2D eigenvalue weighted by Crippen LogP contribution is -2.27. The average molecular weight is 237 g/mol. The Morgan fingerprint density at radius 3 is 2.94 bits per heavy atom. The zero-order valence-electron chi connectivity index (χ0n) is 9.10. The molecule has 0 saturated heterocycles. The van der Waals surface area contributed by atoms with E-state index in [-0.39, 0.29) is 5.82 Å². The van der Waals surface area contributed by atoms with Gasteiger partial charge in [0, 0.05) is 20.0 Å². The van der Waals surface area contributed by atoms with Crippen molar-refractivity contribution in [3.8, 4) is 0 Å². The average Bonchev–Trinajstić information content (AvgIpc) is 2.68. The second-order valence-corrected chi connectivity index (χ2v) is 3.37. The third-order valence-corrected chi connectivity index (χ3v) is 2.00. The van der Waals surface area contributed by atoms with Gasteiger partial charge in [-0.1, -0.05) is 0 Å². The number of H-pyrrole nitrogens is 2. The van der Waals surface area contributed by atoms with Gasteiger partial charge < -0.3 is 5.32 Å². The van der Waals surface area contributed by atoms with E-state index in [0.29, 0.717) is 18.8 Å². The number of anilines is 1. The van der Waals surface area contributed by atoms with Crippen molar-refractivity contribution in [3.63, 3.8) is 0 Å². The Morgan fingerprint density at radius 2 is 2.29 bits per heavy atom. The van der Waals surface area contributed by atoms with E-state index in [0.717, 1.165) is 0 Å². The lowest BCUT2D eigenvalue weighted by Gasteiger charge is -2.00. The molecule has 0 aliphatic rings. The molecule has 0 radical (unpaired) electrons. The van der Waals surface area contributed by atoms with Crippen LogP contribution in [0.4, 0.5) is 5.82 Å². The van der Waals surface area contributed by atoms with Crippen LogP contribution in [0.2, 0.25) is 0 Å². The Balaban J connectivity index is 1.94. The second-order valence-electron chi connectivity index (χ2n) is 3.37. The number of hydrogen-bond donors (Lipinski definition) is 3. The third kappa shape index (κ3) is 2.77. The van der Waals surface area contributed by atoms with Crippen LogP contribution in [0.15, 0.2) is 15.9 Å². The number of rotatable bonds is 4. The minimum Gasteiger partial charge on any atom is -0.364 e. The molecule has 3 N–H and O–H groups in total. The van der Waals surface area contributed by atoms with E-state index < -0.39 is 11.2 Å². The third-order valence-electron chi connectivity index (χ3n) is 2.00. The van der Waals surface area contributed by atoms with Gasteiger partial charge in [-0.05, 0) is 0 Å². The number of aryl methyl sites for hydroxylation is 1. The summed E-state index contributed by atoms with van der Waals surface area (Å²) in [5, 5.41) is 12.6. The molecule has 0 aliphatic carbocycles. The van der Waals surface area contributed by atoms with Gasteiger partial charge in [-0.3, -0.25) is 14.5 Å². The first-order chi connectivity index (χ1) is 8.15. The van der Waals surface area contributed by atoms with Crippen LogP contribution < -0.4 is 16.6 Å². The van der Waals surface area contributed by atoms with E-state index in [1.54, 1.807) is 18.1 Å². The predicted molar refractivity (Wildman–Crippen MR) is 58.7 cm³/mol. The van der Waals surface area contributed by atoms with Gasteiger partial charge in [-0.25, -0.2) is 14.9 Å². The molecule has 90 valence electrons. The lowest BCUT2D eigenvalue weighted by atomic mass is 10.4. The molecule has 0 unspecified atom stereocenters. The van der Waals surface area contributed by atoms with Crippen LogP contribution in [0.1, 0.15) is 5.82 Å². The van der Waals surface area contributed by atoms with Crippen LogP contribution in [0.5, 0.6) is 0 Å². The quantitative estimate of drug-likeness (QED) is 0.579. The number of aromatic nitrogens is 6. The Kier molecular flexibility index (Phi) is 2.99. The number of nitrogens with one attached hydrogen (secondary N) is 3. The first kappa shape index (κ1) is 11.0. The Hall–Kier alpha value is -2.45. The van der Waals surface area contributed by atoms with Gasteiger partial charge in [0.1, 0.15) is 6.33 Å². The molecular formula is C8H11N7O2. The van der Waals surface area contributed by atoms with Crippen molar-refractivity contribution in [1.29, 1.82) is 0 Å². The maximum absolute atomic E-state index is 11.3. The van der Waals surface area contributed by atoms with Gasteiger partial charge in [0.15, 0.2) is 5.82 Å². The summed E-state index contributed by atoms with van der Waals surface area (Å²) < 4.78 is 1.60. The summed E-state index contributed by atoms with van der Waals surface area (Å²) in [7, 11) is 1.78. The number of nitrogens with zero attached hydrogens (tertiary/aromatic N) is 4.